The lowest BCUT2D eigenvalue weighted by Gasteiger charge is -2.06. The van der Waals surface area contributed by atoms with Crippen LogP contribution in [0.4, 0.5) is 0 Å². The van der Waals surface area contributed by atoms with Crippen molar-refractivity contribution in [3.63, 3.8) is 0 Å². The van der Waals surface area contributed by atoms with Gasteiger partial charge in [0.05, 0.1) is 0 Å². The van der Waals surface area contributed by atoms with Crippen LogP contribution in [-0.2, 0) is 19.6 Å². The van der Waals surface area contributed by atoms with E-state index >= 15 is 0 Å². The number of carbonyl (C=O) groups is 1. The van der Waals surface area contributed by atoms with Gasteiger partial charge in [-0.25, -0.2) is 13.2 Å². The van der Waals surface area contributed by atoms with Gasteiger partial charge in [-0.15, -0.1) is 0 Å². The van der Waals surface area contributed by atoms with Crippen molar-refractivity contribution >= 4 is 16.1 Å². The first kappa shape index (κ1) is 10.1. The van der Waals surface area contributed by atoms with Gasteiger partial charge in [-0.1, -0.05) is 6.58 Å². The molecule has 11 heavy (non-hydrogen) atoms. The molecule has 5 nitrogen and oxygen atoms in total. The third kappa shape index (κ3) is 5.56. The van der Waals surface area contributed by atoms with E-state index in [2.05, 4.69) is 11.3 Å². The predicted molar refractivity (Wildman–Crippen MR) is 35.5 cm³/mol. The molecule has 0 saturated heterocycles. The van der Waals surface area contributed by atoms with E-state index in [0.717, 1.165) is 0 Å². The van der Waals surface area contributed by atoms with Crippen molar-refractivity contribution in [2.45, 2.75) is 6.92 Å². The number of hydrogen-bond acceptors (Lipinski definition) is 5. The summed E-state index contributed by atoms with van der Waals surface area (Å²) in [6, 6.07) is 0. The van der Waals surface area contributed by atoms with Crippen LogP contribution in [0.25, 0.3) is 0 Å². The summed E-state index contributed by atoms with van der Waals surface area (Å²) in [6.45, 7) is 4.53. The van der Waals surface area contributed by atoms with E-state index in [0.29, 0.717) is 0 Å². The zero-order valence-electron chi connectivity index (χ0n) is 5.86. The highest BCUT2D eigenvalue weighted by Gasteiger charge is 2.04. The zero-order chi connectivity index (χ0) is 9.07. The maximum Gasteiger partial charge on any atom is 0.334 e. The molecular weight excluding hydrogens is 172 g/mol. The molecule has 0 aromatic carbocycles. The van der Waals surface area contributed by atoms with Gasteiger partial charge < -0.3 is 9.29 Å². The summed E-state index contributed by atoms with van der Waals surface area (Å²) in [5.74, 6) is -2.02. The Kier molecular flexibility index (Phi) is 3.21. The second-order valence-corrected chi connectivity index (χ2v) is 3.24. The summed E-state index contributed by atoms with van der Waals surface area (Å²) in [6.07, 6.45) is 0. The molecule has 0 N–H and O–H groups in total. The Balaban J connectivity index is 3.92. The van der Waals surface area contributed by atoms with E-state index in [1.807, 2.05) is 0 Å². The minimum atomic E-state index is -4.49. The molecule has 6 heteroatoms. The zero-order valence-corrected chi connectivity index (χ0v) is 6.68. The molecule has 0 saturated carbocycles. The van der Waals surface area contributed by atoms with Crippen LogP contribution in [0, 0.1) is 0 Å². The molecule has 64 valence electrons. The molecule has 0 rings (SSSR count). The van der Waals surface area contributed by atoms with Gasteiger partial charge in [-0.05, 0) is 6.92 Å². The van der Waals surface area contributed by atoms with E-state index < -0.39 is 22.0 Å². The lowest BCUT2D eigenvalue weighted by molar-refractivity contribution is -0.137. The summed E-state index contributed by atoms with van der Waals surface area (Å²) in [4.78, 5) is 10.5. The van der Waals surface area contributed by atoms with Crippen molar-refractivity contribution < 1.29 is 22.5 Å². The largest absolute Gasteiger partial charge is 0.745 e. The highest BCUT2D eigenvalue weighted by Crippen LogP contribution is 1.93. The molecule has 0 fully saturated rings. The van der Waals surface area contributed by atoms with Crippen LogP contribution < -0.4 is 0 Å². The Morgan fingerprint density at radius 3 is 2.36 bits per heavy atom. The third-order valence-electron chi connectivity index (χ3n) is 0.683. The number of rotatable bonds is 3. The topological polar surface area (TPSA) is 83.5 Å². The normalized spacial score (nSPS) is 10.7. The molecule has 0 unspecified atom stereocenters. The van der Waals surface area contributed by atoms with Gasteiger partial charge in [0.25, 0.3) is 0 Å². The molecule has 0 aliphatic rings. The summed E-state index contributed by atoms with van der Waals surface area (Å²) in [5, 5.41) is 0. The van der Waals surface area contributed by atoms with Gasteiger partial charge in [-0.2, -0.15) is 0 Å². The number of hydrogen-bond donors (Lipinski definition) is 0. The molecular formula is C5H7O5S-. The Morgan fingerprint density at radius 1 is 1.64 bits per heavy atom. The maximum absolute atomic E-state index is 10.5. The Hall–Kier alpha value is -0.880. The highest BCUT2D eigenvalue weighted by atomic mass is 32.2. The molecule has 0 amide bonds. The van der Waals surface area contributed by atoms with Gasteiger partial charge in [0, 0.05) is 5.57 Å². The molecule has 0 spiro atoms. The fraction of sp³-hybridized carbons (Fsp3) is 0.400. The van der Waals surface area contributed by atoms with Gasteiger partial charge in [0.15, 0.2) is 5.94 Å². The SMILES string of the molecule is C=C(C)C(=O)OCS(=O)(=O)[O-]. The average molecular weight is 179 g/mol. The maximum atomic E-state index is 10.5. The van der Waals surface area contributed by atoms with E-state index in [9.17, 15) is 17.8 Å². The summed E-state index contributed by atoms with van der Waals surface area (Å²) >= 11 is 0. The second kappa shape index (κ2) is 3.49. The van der Waals surface area contributed by atoms with Crippen LogP contribution in [0.1, 0.15) is 6.92 Å². The first-order chi connectivity index (χ1) is 4.83. The monoisotopic (exact) mass is 179 g/mol. The van der Waals surface area contributed by atoms with Crippen molar-refractivity contribution in [3.8, 4) is 0 Å². The molecule has 0 aliphatic heterocycles. The fourth-order valence-corrected chi connectivity index (χ4v) is 0.500. The molecule has 0 bridgehead atoms. The van der Waals surface area contributed by atoms with Crippen LogP contribution in [0.3, 0.4) is 0 Å². The van der Waals surface area contributed by atoms with E-state index in [-0.39, 0.29) is 5.57 Å². The van der Waals surface area contributed by atoms with Crippen LogP contribution in [0.2, 0.25) is 0 Å². The molecule has 0 aromatic rings. The average Bonchev–Trinajstić information content (AvgIpc) is 1.80. The van der Waals surface area contributed by atoms with Crippen LogP contribution in [0.15, 0.2) is 12.2 Å². The second-order valence-electron chi connectivity index (χ2n) is 1.89. The van der Waals surface area contributed by atoms with Gasteiger partial charge in [-0.3, -0.25) is 0 Å². The summed E-state index contributed by atoms with van der Waals surface area (Å²) < 4.78 is 33.7. The van der Waals surface area contributed by atoms with Crippen LogP contribution in [0.5, 0.6) is 0 Å². The Labute approximate surface area is 64.4 Å². The summed E-state index contributed by atoms with van der Waals surface area (Å²) in [7, 11) is -4.49. The van der Waals surface area contributed by atoms with Crippen molar-refractivity contribution in [2.24, 2.45) is 0 Å². The van der Waals surface area contributed by atoms with E-state index in [4.69, 9.17) is 0 Å². The van der Waals surface area contributed by atoms with Crippen molar-refractivity contribution in [1.82, 2.24) is 0 Å². The third-order valence-corrected chi connectivity index (χ3v) is 1.09. The van der Waals surface area contributed by atoms with E-state index in [1.54, 1.807) is 0 Å². The first-order valence-electron chi connectivity index (χ1n) is 2.59. The highest BCUT2D eigenvalue weighted by molar-refractivity contribution is 7.85. The first-order valence-corrected chi connectivity index (χ1v) is 4.17. The van der Waals surface area contributed by atoms with Crippen molar-refractivity contribution in [1.29, 1.82) is 0 Å². The summed E-state index contributed by atoms with van der Waals surface area (Å²) in [5.41, 5.74) is 0.0497. The molecule has 0 aromatic heterocycles. The Morgan fingerprint density at radius 2 is 2.09 bits per heavy atom. The molecule has 0 heterocycles. The van der Waals surface area contributed by atoms with Crippen LogP contribution in [-0.4, -0.2) is 24.9 Å². The lowest BCUT2D eigenvalue weighted by Crippen LogP contribution is -2.13. The van der Waals surface area contributed by atoms with Gasteiger partial charge in [0.2, 0.25) is 0 Å². The predicted octanol–water partition coefficient (Wildman–Crippen LogP) is -0.392. The van der Waals surface area contributed by atoms with Crippen molar-refractivity contribution in [2.75, 3.05) is 5.94 Å². The van der Waals surface area contributed by atoms with Crippen molar-refractivity contribution in [3.05, 3.63) is 12.2 Å². The molecule has 0 atom stereocenters. The number of carbonyl (C=O) groups excluding carboxylic acids is 1. The minimum absolute atomic E-state index is 0.0497. The minimum Gasteiger partial charge on any atom is -0.745 e. The van der Waals surface area contributed by atoms with E-state index in [1.165, 1.54) is 6.92 Å². The fourth-order valence-electron chi connectivity index (χ4n) is 0.249. The molecule has 0 aliphatic carbocycles. The van der Waals surface area contributed by atoms with Gasteiger partial charge in [0.1, 0.15) is 10.1 Å². The standard InChI is InChI=1S/C5H8O5S/c1-4(2)5(6)10-3-11(7,8)9/h1,3H2,2H3,(H,7,8,9)/p-1. The quantitative estimate of drug-likeness (QED) is 0.334. The van der Waals surface area contributed by atoms with Gasteiger partial charge >= 0.3 is 5.97 Å². The van der Waals surface area contributed by atoms with Crippen LogP contribution >= 0.6 is 0 Å². The Bertz CT molecular complexity index is 263. The lowest BCUT2D eigenvalue weighted by atomic mass is 10.4. The number of esters is 1. The number of ether oxygens (including phenoxy) is 1. The molecule has 0 radical (unpaired) electrons. The smallest absolute Gasteiger partial charge is 0.334 e.